The number of amides is 1. The molecule has 3 N–H and O–H groups in total. The zero-order valence-corrected chi connectivity index (χ0v) is 12.6. The molecule has 5 nitrogen and oxygen atoms in total. The smallest absolute Gasteiger partial charge is 0.253 e. The minimum Gasteiger partial charge on any atom is -0.399 e. The number of nitrogens with one attached hydrogen (secondary N) is 1. The molecule has 0 aromatic heterocycles. The van der Waals surface area contributed by atoms with Crippen molar-refractivity contribution in [3.8, 4) is 0 Å². The third-order valence-corrected chi connectivity index (χ3v) is 4.42. The summed E-state index contributed by atoms with van der Waals surface area (Å²) in [5, 5.41) is 2.71. The summed E-state index contributed by atoms with van der Waals surface area (Å²) in [5.74, 6) is 0.885. The largest absolute Gasteiger partial charge is 0.399 e. The fraction of sp³-hybridized carbons (Fsp3) is 0.562. The molecule has 0 radical (unpaired) electrons. The fourth-order valence-electron chi connectivity index (χ4n) is 2.97. The van der Waals surface area contributed by atoms with Crippen LogP contribution in [0.2, 0.25) is 0 Å². The molecule has 1 aliphatic carbocycles. The molecule has 2 fully saturated rings. The lowest BCUT2D eigenvalue weighted by Gasteiger charge is -2.37. The van der Waals surface area contributed by atoms with Gasteiger partial charge in [-0.2, -0.15) is 0 Å². The second-order valence-electron chi connectivity index (χ2n) is 6.09. The van der Waals surface area contributed by atoms with Crippen molar-refractivity contribution in [2.75, 3.05) is 50.4 Å². The molecule has 21 heavy (non-hydrogen) atoms. The van der Waals surface area contributed by atoms with Crippen LogP contribution < -0.4 is 16.0 Å². The van der Waals surface area contributed by atoms with E-state index in [0.29, 0.717) is 11.3 Å². The van der Waals surface area contributed by atoms with E-state index in [2.05, 4.69) is 15.1 Å². The monoisotopic (exact) mass is 288 g/mol. The first-order chi connectivity index (χ1) is 10.2. The van der Waals surface area contributed by atoms with Gasteiger partial charge in [-0.15, -0.1) is 0 Å². The number of carbonyl (C=O) groups is 1. The van der Waals surface area contributed by atoms with Gasteiger partial charge in [-0.05, 0) is 37.0 Å². The second-order valence-corrected chi connectivity index (χ2v) is 6.09. The van der Waals surface area contributed by atoms with Gasteiger partial charge in [-0.3, -0.25) is 9.69 Å². The molecule has 3 rings (SSSR count). The van der Waals surface area contributed by atoms with Crippen molar-refractivity contribution in [1.29, 1.82) is 0 Å². The van der Waals surface area contributed by atoms with Gasteiger partial charge in [0, 0.05) is 45.5 Å². The predicted octanol–water partition coefficient (Wildman–Crippen LogP) is 1.16. The highest BCUT2D eigenvalue weighted by Gasteiger charge is 2.27. The number of piperazine rings is 1. The quantitative estimate of drug-likeness (QED) is 0.816. The van der Waals surface area contributed by atoms with E-state index in [9.17, 15) is 4.79 Å². The molecule has 1 amide bonds. The molecule has 0 bridgehead atoms. The van der Waals surface area contributed by atoms with Crippen molar-refractivity contribution in [1.82, 2.24) is 10.2 Å². The highest BCUT2D eigenvalue weighted by atomic mass is 16.1. The van der Waals surface area contributed by atoms with Gasteiger partial charge in [0.15, 0.2) is 0 Å². The predicted molar refractivity (Wildman–Crippen MR) is 85.6 cm³/mol. The summed E-state index contributed by atoms with van der Waals surface area (Å²) < 4.78 is 0. The molecule has 1 saturated heterocycles. The van der Waals surface area contributed by atoms with Crippen molar-refractivity contribution >= 4 is 17.3 Å². The standard InChI is InChI=1S/C16H24N4O/c1-18-16(21)14-5-4-13(17)10-15(14)20-8-6-19(7-9-20)11-12-2-3-12/h4-5,10,12H,2-3,6-9,11,17H2,1H3,(H,18,21). The van der Waals surface area contributed by atoms with Gasteiger partial charge >= 0.3 is 0 Å². The van der Waals surface area contributed by atoms with Crippen molar-refractivity contribution in [3.05, 3.63) is 23.8 Å². The molecule has 0 spiro atoms. The summed E-state index contributed by atoms with van der Waals surface area (Å²) in [6.45, 7) is 5.30. The van der Waals surface area contributed by atoms with Crippen LogP contribution in [-0.2, 0) is 0 Å². The minimum atomic E-state index is -0.0505. The van der Waals surface area contributed by atoms with E-state index in [1.807, 2.05) is 12.1 Å². The number of hydrogen-bond donors (Lipinski definition) is 2. The molecule has 2 aliphatic rings. The van der Waals surface area contributed by atoms with Gasteiger partial charge in [-0.25, -0.2) is 0 Å². The minimum absolute atomic E-state index is 0.0505. The summed E-state index contributed by atoms with van der Waals surface area (Å²) in [5.41, 5.74) is 8.28. The first-order valence-electron chi connectivity index (χ1n) is 7.76. The summed E-state index contributed by atoms with van der Waals surface area (Å²) in [7, 11) is 1.66. The molecule has 5 heteroatoms. The van der Waals surface area contributed by atoms with Crippen molar-refractivity contribution < 1.29 is 4.79 Å². The van der Waals surface area contributed by atoms with Gasteiger partial charge in [0.25, 0.3) is 5.91 Å². The Hall–Kier alpha value is -1.75. The first-order valence-corrected chi connectivity index (χ1v) is 7.76. The maximum Gasteiger partial charge on any atom is 0.253 e. The summed E-state index contributed by atoms with van der Waals surface area (Å²) in [6, 6.07) is 5.53. The van der Waals surface area contributed by atoms with Gasteiger partial charge < -0.3 is 16.0 Å². The molecule has 1 heterocycles. The Bertz CT molecular complexity index is 519. The van der Waals surface area contributed by atoms with Crippen molar-refractivity contribution in [2.24, 2.45) is 5.92 Å². The van der Waals surface area contributed by atoms with E-state index >= 15 is 0 Å². The molecular formula is C16H24N4O. The molecular weight excluding hydrogens is 264 g/mol. The van der Waals surface area contributed by atoms with E-state index in [0.717, 1.165) is 37.8 Å². The van der Waals surface area contributed by atoms with E-state index in [1.54, 1.807) is 13.1 Å². The van der Waals surface area contributed by atoms with Crippen LogP contribution in [0.25, 0.3) is 0 Å². The van der Waals surface area contributed by atoms with E-state index in [4.69, 9.17) is 5.73 Å². The molecule has 0 atom stereocenters. The van der Waals surface area contributed by atoms with Crippen LogP contribution in [0.4, 0.5) is 11.4 Å². The van der Waals surface area contributed by atoms with Crippen molar-refractivity contribution in [2.45, 2.75) is 12.8 Å². The lowest BCUT2D eigenvalue weighted by Crippen LogP contribution is -2.47. The molecule has 1 aromatic rings. The average Bonchev–Trinajstić information content (AvgIpc) is 3.31. The van der Waals surface area contributed by atoms with E-state index in [1.165, 1.54) is 19.4 Å². The fourth-order valence-corrected chi connectivity index (χ4v) is 2.97. The van der Waals surface area contributed by atoms with Gasteiger partial charge in [0.2, 0.25) is 0 Å². The number of carbonyl (C=O) groups excluding carboxylic acids is 1. The molecule has 1 aliphatic heterocycles. The number of nitrogens with zero attached hydrogens (tertiary/aromatic N) is 2. The van der Waals surface area contributed by atoms with Gasteiger partial charge in [0.1, 0.15) is 0 Å². The number of benzene rings is 1. The summed E-state index contributed by atoms with van der Waals surface area (Å²) in [4.78, 5) is 16.8. The third kappa shape index (κ3) is 3.29. The Labute approximate surface area is 126 Å². The molecule has 1 aromatic carbocycles. The maximum absolute atomic E-state index is 12.0. The molecule has 114 valence electrons. The van der Waals surface area contributed by atoms with Crippen LogP contribution in [0.1, 0.15) is 23.2 Å². The van der Waals surface area contributed by atoms with Gasteiger partial charge in [-0.1, -0.05) is 0 Å². The summed E-state index contributed by atoms with van der Waals surface area (Å²) in [6.07, 6.45) is 2.80. The number of hydrogen-bond acceptors (Lipinski definition) is 4. The lowest BCUT2D eigenvalue weighted by atomic mass is 10.1. The van der Waals surface area contributed by atoms with Crippen LogP contribution in [0, 0.1) is 5.92 Å². The highest BCUT2D eigenvalue weighted by molar-refractivity contribution is 6.00. The Morgan fingerprint density at radius 2 is 2.00 bits per heavy atom. The maximum atomic E-state index is 12.0. The number of nitrogen functional groups attached to an aromatic ring is 1. The van der Waals surface area contributed by atoms with Gasteiger partial charge in [0.05, 0.1) is 11.3 Å². The van der Waals surface area contributed by atoms with Crippen LogP contribution in [0.5, 0.6) is 0 Å². The van der Waals surface area contributed by atoms with Crippen LogP contribution >= 0.6 is 0 Å². The lowest BCUT2D eigenvalue weighted by molar-refractivity contribution is 0.0963. The molecule has 1 saturated carbocycles. The topological polar surface area (TPSA) is 61.6 Å². The normalized spacial score (nSPS) is 19.6. The Kier molecular flexibility index (Phi) is 4.01. The SMILES string of the molecule is CNC(=O)c1ccc(N)cc1N1CCN(CC2CC2)CC1. The zero-order valence-electron chi connectivity index (χ0n) is 12.6. The zero-order chi connectivity index (χ0) is 14.8. The number of nitrogens with two attached hydrogens (primary N) is 1. The van der Waals surface area contributed by atoms with Crippen molar-refractivity contribution in [3.63, 3.8) is 0 Å². The Morgan fingerprint density at radius 1 is 1.29 bits per heavy atom. The Balaban J connectivity index is 1.71. The van der Waals surface area contributed by atoms with E-state index in [-0.39, 0.29) is 5.91 Å². The number of anilines is 2. The number of rotatable bonds is 4. The Morgan fingerprint density at radius 3 is 2.62 bits per heavy atom. The highest BCUT2D eigenvalue weighted by Crippen LogP contribution is 2.30. The average molecular weight is 288 g/mol. The van der Waals surface area contributed by atoms with Crippen LogP contribution in [-0.4, -0.2) is 50.6 Å². The molecule has 0 unspecified atom stereocenters. The second kappa shape index (κ2) is 5.93. The van der Waals surface area contributed by atoms with E-state index < -0.39 is 0 Å². The summed E-state index contributed by atoms with van der Waals surface area (Å²) >= 11 is 0. The third-order valence-electron chi connectivity index (χ3n) is 4.42. The first kappa shape index (κ1) is 14.2. The van der Waals surface area contributed by atoms with Crippen LogP contribution in [0.3, 0.4) is 0 Å². The van der Waals surface area contributed by atoms with Crippen LogP contribution in [0.15, 0.2) is 18.2 Å².